The summed E-state index contributed by atoms with van der Waals surface area (Å²) in [7, 11) is 0. The van der Waals surface area contributed by atoms with Gasteiger partial charge in [-0.25, -0.2) is 0 Å². The highest BCUT2D eigenvalue weighted by molar-refractivity contribution is 6.06. The van der Waals surface area contributed by atoms with Crippen molar-refractivity contribution in [1.82, 2.24) is 4.98 Å². The molecule has 0 spiro atoms. The Hall–Kier alpha value is -2.40. The number of nitrogens with zero attached hydrogens (tertiary/aromatic N) is 2. The number of pyridine rings is 1. The largest absolute Gasteiger partial charge is 0.397 e. The van der Waals surface area contributed by atoms with Crippen LogP contribution in [0.3, 0.4) is 0 Å². The molecule has 0 saturated carbocycles. The van der Waals surface area contributed by atoms with Crippen LogP contribution in [0.25, 0.3) is 0 Å². The maximum absolute atomic E-state index is 12.4. The van der Waals surface area contributed by atoms with Gasteiger partial charge in [-0.3, -0.25) is 9.78 Å². The Morgan fingerprint density at radius 2 is 1.95 bits per heavy atom. The van der Waals surface area contributed by atoms with Gasteiger partial charge in [-0.05, 0) is 24.3 Å². The van der Waals surface area contributed by atoms with Crippen LogP contribution in [0.4, 0.5) is 11.4 Å². The summed E-state index contributed by atoms with van der Waals surface area (Å²) in [6, 6.07) is 12.2. The Labute approximate surface area is 111 Å². The molecule has 2 rings (SSSR count). The number of para-hydroxylation sites is 2. The lowest BCUT2D eigenvalue weighted by Gasteiger charge is -2.22. The highest BCUT2D eigenvalue weighted by Crippen LogP contribution is 2.23. The molecule has 19 heavy (non-hydrogen) atoms. The van der Waals surface area contributed by atoms with Gasteiger partial charge in [-0.15, -0.1) is 0 Å². The third-order valence-electron chi connectivity index (χ3n) is 2.68. The van der Waals surface area contributed by atoms with Crippen molar-refractivity contribution in [2.24, 2.45) is 0 Å². The molecule has 2 aromatic rings. The van der Waals surface area contributed by atoms with Gasteiger partial charge in [0.05, 0.1) is 18.0 Å². The fraction of sp³-hybridized carbons (Fsp3) is 0.143. The van der Waals surface area contributed by atoms with Crippen LogP contribution < -0.4 is 10.6 Å². The smallest absolute Gasteiger partial charge is 0.277 e. The Morgan fingerprint density at radius 3 is 2.58 bits per heavy atom. The molecule has 0 atom stereocenters. The van der Waals surface area contributed by atoms with Gasteiger partial charge >= 0.3 is 0 Å². The summed E-state index contributed by atoms with van der Waals surface area (Å²) < 4.78 is 0. The van der Waals surface area contributed by atoms with Crippen LogP contribution in [0.2, 0.25) is 0 Å². The average Bonchev–Trinajstić information content (AvgIpc) is 2.46. The summed E-state index contributed by atoms with van der Waals surface area (Å²) in [5.41, 5.74) is 7.25. The van der Waals surface area contributed by atoms with Crippen LogP contribution in [-0.4, -0.2) is 29.1 Å². The summed E-state index contributed by atoms with van der Waals surface area (Å²) in [5.74, 6) is -0.285. The van der Waals surface area contributed by atoms with Gasteiger partial charge in [0.15, 0.2) is 0 Å². The Kier molecular flexibility index (Phi) is 4.10. The molecule has 1 aromatic heterocycles. The average molecular weight is 257 g/mol. The quantitative estimate of drug-likeness (QED) is 0.809. The molecule has 1 aromatic carbocycles. The number of amides is 1. The number of rotatable bonds is 4. The van der Waals surface area contributed by atoms with E-state index in [9.17, 15) is 4.79 Å². The fourth-order valence-corrected chi connectivity index (χ4v) is 1.79. The number of nitrogen functional groups attached to an aromatic ring is 1. The van der Waals surface area contributed by atoms with Crippen molar-refractivity contribution >= 4 is 17.3 Å². The number of carbonyl (C=O) groups is 1. The first-order valence-corrected chi connectivity index (χ1v) is 5.92. The van der Waals surface area contributed by atoms with Gasteiger partial charge in [0.1, 0.15) is 5.69 Å². The van der Waals surface area contributed by atoms with E-state index in [0.717, 1.165) is 0 Å². The predicted molar refractivity (Wildman–Crippen MR) is 73.9 cm³/mol. The first kappa shape index (κ1) is 13.0. The van der Waals surface area contributed by atoms with E-state index >= 15 is 0 Å². The Morgan fingerprint density at radius 1 is 1.21 bits per heavy atom. The van der Waals surface area contributed by atoms with Gasteiger partial charge in [-0.2, -0.15) is 0 Å². The van der Waals surface area contributed by atoms with Crippen molar-refractivity contribution in [2.45, 2.75) is 0 Å². The maximum atomic E-state index is 12.4. The summed E-state index contributed by atoms with van der Waals surface area (Å²) in [6.07, 6.45) is 1.55. The van der Waals surface area contributed by atoms with Crippen molar-refractivity contribution in [1.29, 1.82) is 0 Å². The van der Waals surface area contributed by atoms with E-state index in [1.54, 1.807) is 48.7 Å². The van der Waals surface area contributed by atoms with E-state index in [1.807, 2.05) is 0 Å². The van der Waals surface area contributed by atoms with Crippen molar-refractivity contribution < 1.29 is 9.90 Å². The summed E-state index contributed by atoms with van der Waals surface area (Å²) in [5, 5.41) is 9.13. The summed E-state index contributed by atoms with van der Waals surface area (Å²) >= 11 is 0. The second-order valence-electron chi connectivity index (χ2n) is 3.95. The molecule has 0 radical (unpaired) electrons. The minimum atomic E-state index is -0.285. The normalized spacial score (nSPS) is 10.2. The first-order valence-electron chi connectivity index (χ1n) is 5.92. The van der Waals surface area contributed by atoms with E-state index in [2.05, 4.69) is 4.98 Å². The number of hydrogen-bond donors (Lipinski definition) is 2. The molecule has 0 aliphatic carbocycles. The maximum Gasteiger partial charge on any atom is 0.277 e. The monoisotopic (exact) mass is 257 g/mol. The number of aliphatic hydroxyl groups is 1. The lowest BCUT2D eigenvalue weighted by molar-refractivity contribution is 0.0976. The lowest BCUT2D eigenvalue weighted by Crippen LogP contribution is -2.34. The first-order chi connectivity index (χ1) is 9.24. The molecule has 1 amide bonds. The molecule has 5 nitrogen and oxygen atoms in total. The third kappa shape index (κ3) is 2.89. The molecule has 0 aliphatic heterocycles. The summed E-state index contributed by atoms with van der Waals surface area (Å²) in [4.78, 5) is 17.8. The number of anilines is 2. The molecule has 5 heteroatoms. The van der Waals surface area contributed by atoms with Crippen LogP contribution in [-0.2, 0) is 0 Å². The fourth-order valence-electron chi connectivity index (χ4n) is 1.79. The number of benzene rings is 1. The minimum absolute atomic E-state index is 0.146. The van der Waals surface area contributed by atoms with E-state index in [0.29, 0.717) is 17.1 Å². The van der Waals surface area contributed by atoms with Crippen LogP contribution in [0.5, 0.6) is 0 Å². The van der Waals surface area contributed by atoms with Gasteiger partial charge in [0, 0.05) is 12.7 Å². The topological polar surface area (TPSA) is 79.5 Å². The zero-order valence-corrected chi connectivity index (χ0v) is 10.4. The highest BCUT2D eigenvalue weighted by atomic mass is 16.3. The van der Waals surface area contributed by atoms with Crippen molar-refractivity contribution in [3.8, 4) is 0 Å². The number of hydrogen-bond acceptors (Lipinski definition) is 4. The van der Waals surface area contributed by atoms with Crippen molar-refractivity contribution in [3.05, 3.63) is 54.4 Å². The van der Waals surface area contributed by atoms with Gasteiger partial charge in [0.25, 0.3) is 5.91 Å². The molecule has 0 fully saturated rings. The van der Waals surface area contributed by atoms with Crippen LogP contribution in [0, 0.1) is 0 Å². The van der Waals surface area contributed by atoms with E-state index in [1.165, 1.54) is 4.90 Å². The zero-order chi connectivity index (χ0) is 13.7. The highest BCUT2D eigenvalue weighted by Gasteiger charge is 2.19. The Bertz CT molecular complexity index is 558. The molecule has 1 heterocycles. The van der Waals surface area contributed by atoms with E-state index in [-0.39, 0.29) is 19.1 Å². The van der Waals surface area contributed by atoms with Gasteiger partial charge in [-0.1, -0.05) is 18.2 Å². The SMILES string of the molecule is Nc1ccccc1N(CCO)C(=O)c1ccccn1. The second-order valence-corrected chi connectivity index (χ2v) is 3.95. The van der Waals surface area contributed by atoms with Crippen LogP contribution in [0.15, 0.2) is 48.7 Å². The minimum Gasteiger partial charge on any atom is -0.397 e. The third-order valence-corrected chi connectivity index (χ3v) is 2.68. The molecule has 0 saturated heterocycles. The molecular formula is C14H15N3O2. The zero-order valence-electron chi connectivity index (χ0n) is 10.4. The number of aliphatic hydroxyl groups excluding tert-OH is 1. The van der Waals surface area contributed by atoms with Crippen molar-refractivity contribution in [3.63, 3.8) is 0 Å². The molecule has 3 N–H and O–H groups in total. The molecule has 0 unspecified atom stereocenters. The number of carbonyl (C=O) groups excluding carboxylic acids is 1. The van der Waals surface area contributed by atoms with Crippen molar-refractivity contribution in [2.75, 3.05) is 23.8 Å². The number of aromatic nitrogens is 1. The summed E-state index contributed by atoms with van der Waals surface area (Å²) in [6.45, 7) is 0.0243. The second kappa shape index (κ2) is 5.97. The lowest BCUT2D eigenvalue weighted by atomic mass is 10.2. The van der Waals surface area contributed by atoms with E-state index < -0.39 is 0 Å². The number of nitrogens with two attached hydrogens (primary N) is 1. The standard InChI is InChI=1S/C14H15N3O2/c15-11-5-1-2-7-13(11)17(9-10-18)14(19)12-6-3-4-8-16-12/h1-8,18H,9-10,15H2. The van der Waals surface area contributed by atoms with Gasteiger partial charge in [0.2, 0.25) is 0 Å². The molecular weight excluding hydrogens is 242 g/mol. The Balaban J connectivity index is 2.36. The predicted octanol–water partition coefficient (Wildman–Crippen LogP) is 1.30. The van der Waals surface area contributed by atoms with Gasteiger partial charge < -0.3 is 15.7 Å². The van der Waals surface area contributed by atoms with Crippen LogP contribution >= 0.6 is 0 Å². The molecule has 0 bridgehead atoms. The van der Waals surface area contributed by atoms with E-state index in [4.69, 9.17) is 10.8 Å². The molecule has 0 aliphatic rings. The van der Waals surface area contributed by atoms with Crippen LogP contribution in [0.1, 0.15) is 10.5 Å². The molecule has 98 valence electrons.